The van der Waals surface area contributed by atoms with Gasteiger partial charge in [0.25, 0.3) is 0 Å². The summed E-state index contributed by atoms with van der Waals surface area (Å²) in [6.45, 7) is 0.429. The lowest BCUT2D eigenvalue weighted by molar-refractivity contribution is 0.243. The molecule has 0 aliphatic carbocycles. The zero-order valence-electron chi connectivity index (χ0n) is 14.1. The van der Waals surface area contributed by atoms with Gasteiger partial charge in [0.15, 0.2) is 0 Å². The van der Waals surface area contributed by atoms with Crippen molar-refractivity contribution in [3.63, 3.8) is 0 Å². The van der Waals surface area contributed by atoms with Gasteiger partial charge in [-0.25, -0.2) is 18.4 Å². The Bertz CT molecular complexity index is 806. The predicted octanol–water partition coefficient (Wildman–Crippen LogP) is 1.76. The Morgan fingerprint density at radius 1 is 1.08 bits per heavy atom. The number of amides is 2. The van der Waals surface area contributed by atoms with Crippen LogP contribution in [0.15, 0.2) is 59.5 Å². The molecule has 0 saturated heterocycles. The number of nitrogens with one attached hydrogen (secondary N) is 2. The number of nitrogens with zero attached hydrogens (tertiary/aromatic N) is 1. The van der Waals surface area contributed by atoms with Crippen LogP contribution < -0.4 is 15.8 Å². The largest absolute Gasteiger partial charge is 0.336 e. The lowest BCUT2D eigenvalue weighted by Gasteiger charge is -2.25. The summed E-state index contributed by atoms with van der Waals surface area (Å²) in [4.78, 5) is 14.1. The van der Waals surface area contributed by atoms with E-state index >= 15 is 0 Å². The normalized spacial score (nSPS) is 12.6. The molecule has 0 saturated carbocycles. The molecule has 7 nitrogen and oxygen atoms in total. The zero-order valence-corrected chi connectivity index (χ0v) is 15.0. The van der Waals surface area contributed by atoms with Gasteiger partial charge in [-0.1, -0.05) is 30.3 Å². The summed E-state index contributed by atoms with van der Waals surface area (Å²) >= 11 is 0. The molecule has 2 rings (SSSR count). The highest BCUT2D eigenvalue weighted by atomic mass is 32.2. The molecule has 0 aliphatic rings. The van der Waals surface area contributed by atoms with E-state index in [0.717, 1.165) is 5.56 Å². The number of nitrogens with two attached hydrogens (primary N) is 1. The summed E-state index contributed by atoms with van der Waals surface area (Å²) in [7, 11) is 0.152. The first kappa shape index (κ1) is 18.9. The number of carbonyl (C=O) groups excluding carboxylic acids is 1. The Labute approximate surface area is 147 Å². The van der Waals surface area contributed by atoms with Crippen LogP contribution in [-0.2, 0) is 10.0 Å². The number of likely N-dealkylation sites (N-methyl/N-ethyl adjacent to an activating group) is 1. The lowest BCUT2D eigenvalue weighted by atomic mass is 10.1. The van der Waals surface area contributed by atoms with Crippen molar-refractivity contribution in [3.05, 3.63) is 60.2 Å². The molecular formula is C17H22N4O3S. The van der Waals surface area contributed by atoms with Crippen molar-refractivity contribution in [1.29, 1.82) is 0 Å². The van der Waals surface area contributed by atoms with Crippen molar-refractivity contribution in [3.8, 4) is 0 Å². The third-order valence-electron chi connectivity index (χ3n) is 3.70. The highest BCUT2D eigenvalue weighted by Crippen LogP contribution is 2.17. The van der Waals surface area contributed by atoms with Gasteiger partial charge in [-0.3, -0.25) is 0 Å². The first-order valence-corrected chi connectivity index (χ1v) is 9.21. The molecule has 0 radical (unpaired) electrons. The van der Waals surface area contributed by atoms with E-state index in [1.165, 1.54) is 24.3 Å². The summed E-state index contributed by atoms with van der Waals surface area (Å²) in [5, 5.41) is 10.5. The van der Waals surface area contributed by atoms with Gasteiger partial charge >= 0.3 is 6.03 Å². The summed E-state index contributed by atoms with van der Waals surface area (Å²) in [6, 6.07) is 15.2. The van der Waals surface area contributed by atoms with Crippen molar-refractivity contribution in [2.45, 2.75) is 10.9 Å². The van der Waals surface area contributed by atoms with Gasteiger partial charge in [-0.05, 0) is 43.9 Å². The summed E-state index contributed by atoms with van der Waals surface area (Å²) in [5.74, 6) is 0. The molecule has 2 amide bonds. The van der Waals surface area contributed by atoms with E-state index in [0.29, 0.717) is 12.2 Å². The summed E-state index contributed by atoms with van der Waals surface area (Å²) in [5.41, 5.74) is 1.58. The minimum atomic E-state index is -3.74. The molecule has 4 N–H and O–H groups in total. The highest BCUT2D eigenvalue weighted by molar-refractivity contribution is 7.89. The Morgan fingerprint density at radius 2 is 1.68 bits per heavy atom. The summed E-state index contributed by atoms with van der Waals surface area (Å²) in [6.07, 6.45) is 0. The number of primary sulfonamides is 1. The molecule has 0 aliphatic heterocycles. The van der Waals surface area contributed by atoms with Crippen molar-refractivity contribution in [1.82, 2.24) is 10.2 Å². The SMILES string of the molecule is CN(C)C(CNC(=O)Nc1ccc(S(N)(=O)=O)cc1)c1ccccc1. The van der Waals surface area contributed by atoms with E-state index in [1.54, 1.807) is 0 Å². The molecule has 134 valence electrons. The number of hydrogen-bond donors (Lipinski definition) is 3. The number of urea groups is 1. The fourth-order valence-corrected chi connectivity index (χ4v) is 2.88. The number of hydrogen-bond acceptors (Lipinski definition) is 4. The molecule has 2 aromatic rings. The third-order valence-corrected chi connectivity index (χ3v) is 4.63. The van der Waals surface area contributed by atoms with Crippen LogP contribution in [0.3, 0.4) is 0 Å². The van der Waals surface area contributed by atoms with Crippen molar-refractivity contribution < 1.29 is 13.2 Å². The Kier molecular flexibility index (Phi) is 6.13. The van der Waals surface area contributed by atoms with Gasteiger partial charge in [-0.2, -0.15) is 0 Å². The van der Waals surface area contributed by atoms with E-state index in [9.17, 15) is 13.2 Å². The van der Waals surface area contributed by atoms with Crippen LogP contribution >= 0.6 is 0 Å². The molecule has 2 aromatic carbocycles. The Balaban J connectivity index is 1.95. The predicted molar refractivity (Wildman–Crippen MR) is 97.7 cm³/mol. The molecule has 0 aromatic heterocycles. The second-order valence-corrected chi connectivity index (χ2v) is 7.36. The van der Waals surface area contributed by atoms with E-state index in [4.69, 9.17) is 5.14 Å². The van der Waals surface area contributed by atoms with Crippen molar-refractivity contribution >= 4 is 21.7 Å². The number of benzene rings is 2. The van der Waals surface area contributed by atoms with E-state index in [-0.39, 0.29) is 17.0 Å². The fourth-order valence-electron chi connectivity index (χ4n) is 2.37. The lowest BCUT2D eigenvalue weighted by Crippen LogP contribution is -2.36. The first-order valence-electron chi connectivity index (χ1n) is 7.66. The summed E-state index contributed by atoms with van der Waals surface area (Å²) < 4.78 is 22.4. The Hall–Kier alpha value is -2.42. The van der Waals surface area contributed by atoms with Crippen LogP contribution in [-0.4, -0.2) is 40.0 Å². The smallest absolute Gasteiger partial charge is 0.319 e. The van der Waals surface area contributed by atoms with Crippen LogP contribution in [0.5, 0.6) is 0 Å². The first-order chi connectivity index (χ1) is 11.8. The number of carbonyl (C=O) groups is 1. The minimum absolute atomic E-state index is 0.00444. The second-order valence-electron chi connectivity index (χ2n) is 5.79. The standard InChI is InChI=1S/C17H22N4O3S/c1-21(2)16(13-6-4-3-5-7-13)12-19-17(22)20-14-8-10-15(11-9-14)25(18,23)24/h3-11,16H,12H2,1-2H3,(H2,18,23,24)(H2,19,20,22). The maximum Gasteiger partial charge on any atom is 0.319 e. The van der Waals surface area contributed by atoms with E-state index < -0.39 is 10.0 Å². The van der Waals surface area contributed by atoms with Crippen LogP contribution in [0, 0.1) is 0 Å². The molecular weight excluding hydrogens is 340 g/mol. The van der Waals surface area contributed by atoms with Gasteiger partial charge in [-0.15, -0.1) is 0 Å². The molecule has 1 unspecified atom stereocenters. The maximum absolute atomic E-state index is 12.1. The van der Waals surface area contributed by atoms with Gasteiger partial charge in [0.2, 0.25) is 10.0 Å². The quantitative estimate of drug-likeness (QED) is 0.728. The second kappa shape index (κ2) is 8.11. The highest BCUT2D eigenvalue weighted by Gasteiger charge is 2.15. The topological polar surface area (TPSA) is 105 Å². The average molecular weight is 362 g/mol. The zero-order chi connectivity index (χ0) is 18.4. The monoisotopic (exact) mass is 362 g/mol. The minimum Gasteiger partial charge on any atom is -0.336 e. The maximum atomic E-state index is 12.1. The number of sulfonamides is 1. The Morgan fingerprint density at radius 3 is 2.20 bits per heavy atom. The average Bonchev–Trinajstić information content (AvgIpc) is 2.55. The van der Waals surface area contributed by atoms with Crippen LogP contribution in [0.1, 0.15) is 11.6 Å². The van der Waals surface area contributed by atoms with Gasteiger partial charge in [0, 0.05) is 12.2 Å². The van der Waals surface area contributed by atoms with Crippen LogP contribution in [0.25, 0.3) is 0 Å². The molecule has 1 atom stereocenters. The van der Waals surface area contributed by atoms with E-state index in [2.05, 4.69) is 10.6 Å². The van der Waals surface area contributed by atoms with Crippen molar-refractivity contribution in [2.24, 2.45) is 5.14 Å². The number of rotatable bonds is 6. The fraction of sp³-hybridized carbons (Fsp3) is 0.235. The molecule has 0 fully saturated rings. The molecule has 0 heterocycles. The van der Waals surface area contributed by atoms with Crippen LogP contribution in [0.2, 0.25) is 0 Å². The molecule has 0 bridgehead atoms. The van der Waals surface area contributed by atoms with Crippen LogP contribution in [0.4, 0.5) is 10.5 Å². The van der Waals surface area contributed by atoms with E-state index in [1.807, 2.05) is 49.3 Å². The third kappa shape index (κ3) is 5.56. The molecule has 0 spiro atoms. The molecule has 25 heavy (non-hydrogen) atoms. The van der Waals surface area contributed by atoms with Gasteiger partial charge in [0.1, 0.15) is 0 Å². The number of anilines is 1. The van der Waals surface area contributed by atoms with Crippen molar-refractivity contribution in [2.75, 3.05) is 26.0 Å². The molecule has 8 heteroatoms. The van der Waals surface area contributed by atoms with Gasteiger partial charge < -0.3 is 15.5 Å². The van der Waals surface area contributed by atoms with Gasteiger partial charge in [0.05, 0.1) is 10.9 Å².